The third kappa shape index (κ3) is 5.71. The lowest BCUT2D eigenvalue weighted by Gasteiger charge is -2.20. The zero-order chi connectivity index (χ0) is 13.8. The SMILES string of the molecule is C[C@H](Cc1ccc(O)cc1)NC(=O)CC(C)(C)C. The number of carbonyl (C=O) groups is 1. The highest BCUT2D eigenvalue weighted by atomic mass is 16.3. The van der Waals surface area contributed by atoms with Gasteiger partial charge in [-0.2, -0.15) is 0 Å². The maximum absolute atomic E-state index is 11.8. The third-order valence-corrected chi connectivity index (χ3v) is 2.58. The molecule has 0 aliphatic heterocycles. The van der Waals surface area contributed by atoms with Gasteiger partial charge in [-0.1, -0.05) is 32.9 Å². The van der Waals surface area contributed by atoms with E-state index in [1.54, 1.807) is 12.1 Å². The van der Waals surface area contributed by atoms with Gasteiger partial charge >= 0.3 is 0 Å². The number of hydrogen-bond donors (Lipinski definition) is 2. The molecule has 1 amide bonds. The van der Waals surface area contributed by atoms with Crippen LogP contribution < -0.4 is 5.32 Å². The Bertz CT molecular complexity index is 390. The molecule has 0 unspecified atom stereocenters. The first-order chi connectivity index (χ1) is 8.26. The Labute approximate surface area is 109 Å². The molecule has 0 fully saturated rings. The number of carbonyl (C=O) groups excluding carboxylic acids is 1. The first kappa shape index (κ1) is 14.6. The van der Waals surface area contributed by atoms with Crippen LogP contribution in [0, 0.1) is 5.41 Å². The number of phenols is 1. The van der Waals surface area contributed by atoms with Gasteiger partial charge in [0.05, 0.1) is 0 Å². The lowest BCUT2D eigenvalue weighted by atomic mass is 9.92. The minimum Gasteiger partial charge on any atom is -0.508 e. The van der Waals surface area contributed by atoms with Gasteiger partial charge in [-0.05, 0) is 36.5 Å². The summed E-state index contributed by atoms with van der Waals surface area (Å²) in [7, 11) is 0. The Hall–Kier alpha value is -1.51. The quantitative estimate of drug-likeness (QED) is 0.862. The van der Waals surface area contributed by atoms with Gasteiger partial charge in [0.2, 0.25) is 5.91 Å². The standard InChI is InChI=1S/C15H23NO2/c1-11(16-14(18)10-15(2,3)4)9-12-5-7-13(17)8-6-12/h5-8,11,17H,9-10H2,1-4H3,(H,16,18)/t11-/m1/s1. The highest BCUT2D eigenvalue weighted by Gasteiger charge is 2.17. The fourth-order valence-electron chi connectivity index (χ4n) is 1.84. The highest BCUT2D eigenvalue weighted by molar-refractivity contribution is 5.76. The normalized spacial score (nSPS) is 13.1. The average Bonchev–Trinajstić information content (AvgIpc) is 2.18. The molecule has 1 atom stereocenters. The molecular weight excluding hydrogens is 226 g/mol. The molecule has 0 aromatic heterocycles. The van der Waals surface area contributed by atoms with E-state index in [2.05, 4.69) is 26.1 Å². The molecule has 3 heteroatoms. The Morgan fingerprint density at radius 3 is 2.33 bits per heavy atom. The Morgan fingerprint density at radius 1 is 1.28 bits per heavy atom. The highest BCUT2D eigenvalue weighted by Crippen LogP contribution is 2.18. The molecule has 3 nitrogen and oxygen atoms in total. The van der Waals surface area contributed by atoms with Crippen molar-refractivity contribution in [2.24, 2.45) is 5.41 Å². The van der Waals surface area contributed by atoms with E-state index >= 15 is 0 Å². The van der Waals surface area contributed by atoms with Gasteiger partial charge in [-0.25, -0.2) is 0 Å². The second kappa shape index (κ2) is 5.89. The molecule has 18 heavy (non-hydrogen) atoms. The number of rotatable bonds is 4. The number of nitrogens with one attached hydrogen (secondary N) is 1. The molecule has 1 aromatic carbocycles. The van der Waals surface area contributed by atoms with Crippen LogP contribution in [-0.4, -0.2) is 17.1 Å². The van der Waals surface area contributed by atoms with Crippen molar-refractivity contribution in [3.8, 4) is 5.75 Å². The van der Waals surface area contributed by atoms with Crippen molar-refractivity contribution in [3.63, 3.8) is 0 Å². The molecule has 1 aromatic rings. The van der Waals surface area contributed by atoms with Gasteiger partial charge in [0.15, 0.2) is 0 Å². The predicted octanol–water partition coefficient (Wildman–Crippen LogP) is 2.88. The van der Waals surface area contributed by atoms with Crippen LogP contribution in [0.2, 0.25) is 0 Å². The van der Waals surface area contributed by atoms with Crippen molar-refractivity contribution in [1.29, 1.82) is 0 Å². The monoisotopic (exact) mass is 249 g/mol. The van der Waals surface area contributed by atoms with E-state index in [0.29, 0.717) is 6.42 Å². The summed E-state index contributed by atoms with van der Waals surface area (Å²) in [5.41, 5.74) is 1.12. The zero-order valence-corrected chi connectivity index (χ0v) is 11.7. The van der Waals surface area contributed by atoms with Crippen LogP contribution in [0.4, 0.5) is 0 Å². The zero-order valence-electron chi connectivity index (χ0n) is 11.7. The average molecular weight is 249 g/mol. The smallest absolute Gasteiger partial charge is 0.220 e. The van der Waals surface area contributed by atoms with E-state index < -0.39 is 0 Å². The lowest BCUT2D eigenvalue weighted by Crippen LogP contribution is -2.36. The molecule has 2 N–H and O–H groups in total. The van der Waals surface area contributed by atoms with Crippen LogP contribution in [0.25, 0.3) is 0 Å². The van der Waals surface area contributed by atoms with Gasteiger partial charge in [-0.15, -0.1) is 0 Å². The number of phenolic OH excluding ortho intramolecular Hbond substituents is 1. The van der Waals surface area contributed by atoms with Crippen LogP contribution in [-0.2, 0) is 11.2 Å². The van der Waals surface area contributed by atoms with Crippen molar-refractivity contribution in [2.75, 3.05) is 0 Å². The van der Waals surface area contributed by atoms with Gasteiger partial charge < -0.3 is 10.4 Å². The number of benzene rings is 1. The Kier molecular flexibility index (Phi) is 4.76. The van der Waals surface area contributed by atoms with Crippen LogP contribution >= 0.6 is 0 Å². The van der Waals surface area contributed by atoms with Gasteiger partial charge in [-0.3, -0.25) is 4.79 Å². The van der Waals surface area contributed by atoms with Gasteiger partial charge in [0.1, 0.15) is 5.75 Å². The first-order valence-corrected chi connectivity index (χ1v) is 6.33. The number of aromatic hydroxyl groups is 1. The van der Waals surface area contributed by atoms with E-state index in [1.165, 1.54) is 0 Å². The summed E-state index contributed by atoms with van der Waals surface area (Å²) in [6.45, 7) is 8.15. The summed E-state index contributed by atoms with van der Waals surface area (Å²) in [5.74, 6) is 0.358. The van der Waals surface area contributed by atoms with Gasteiger partial charge in [0, 0.05) is 12.5 Å². The molecule has 0 saturated heterocycles. The third-order valence-electron chi connectivity index (χ3n) is 2.58. The van der Waals surface area contributed by atoms with Crippen LogP contribution in [0.15, 0.2) is 24.3 Å². The minimum atomic E-state index is 0.0162. The predicted molar refractivity (Wildman–Crippen MR) is 73.5 cm³/mol. The maximum Gasteiger partial charge on any atom is 0.220 e. The largest absolute Gasteiger partial charge is 0.508 e. The fourth-order valence-corrected chi connectivity index (χ4v) is 1.84. The molecule has 0 aliphatic carbocycles. The maximum atomic E-state index is 11.8. The second-order valence-corrected chi connectivity index (χ2v) is 6.08. The summed E-state index contributed by atoms with van der Waals surface area (Å²) in [5, 5.41) is 12.2. The van der Waals surface area contributed by atoms with Crippen molar-refractivity contribution in [1.82, 2.24) is 5.32 Å². The molecular formula is C15H23NO2. The molecule has 0 saturated carbocycles. The van der Waals surface area contributed by atoms with Gasteiger partial charge in [0.25, 0.3) is 0 Å². The molecule has 0 aliphatic rings. The molecule has 0 bridgehead atoms. The van der Waals surface area contributed by atoms with E-state index in [0.717, 1.165) is 12.0 Å². The molecule has 0 spiro atoms. The Morgan fingerprint density at radius 2 is 1.83 bits per heavy atom. The molecule has 100 valence electrons. The van der Waals surface area contributed by atoms with E-state index in [-0.39, 0.29) is 23.1 Å². The summed E-state index contributed by atoms with van der Waals surface area (Å²) in [6.07, 6.45) is 1.31. The summed E-state index contributed by atoms with van der Waals surface area (Å²) >= 11 is 0. The van der Waals surface area contributed by atoms with Crippen LogP contribution in [0.5, 0.6) is 5.75 Å². The van der Waals surface area contributed by atoms with Crippen LogP contribution in [0.3, 0.4) is 0 Å². The summed E-state index contributed by atoms with van der Waals surface area (Å²) in [4.78, 5) is 11.8. The topological polar surface area (TPSA) is 49.3 Å². The second-order valence-electron chi connectivity index (χ2n) is 6.08. The molecule has 0 heterocycles. The summed E-state index contributed by atoms with van der Waals surface area (Å²) < 4.78 is 0. The van der Waals surface area contributed by atoms with Crippen molar-refractivity contribution in [2.45, 2.75) is 46.6 Å². The molecule has 0 radical (unpaired) electrons. The van der Waals surface area contributed by atoms with Crippen LogP contribution in [0.1, 0.15) is 39.7 Å². The fraction of sp³-hybridized carbons (Fsp3) is 0.533. The van der Waals surface area contributed by atoms with E-state index in [4.69, 9.17) is 0 Å². The van der Waals surface area contributed by atoms with E-state index in [1.807, 2.05) is 19.1 Å². The molecule has 1 rings (SSSR count). The van der Waals surface area contributed by atoms with Crippen molar-refractivity contribution >= 4 is 5.91 Å². The van der Waals surface area contributed by atoms with Crippen molar-refractivity contribution in [3.05, 3.63) is 29.8 Å². The minimum absolute atomic E-state index is 0.0162. The first-order valence-electron chi connectivity index (χ1n) is 6.33. The Balaban J connectivity index is 2.44. The lowest BCUT2D eigenvalue weighted by molar-refractivity contribution is -0.123. The van der Waals surface area contributed by atoms with E-state index in [9.17, 15) is 9.90 Å². The number of amides is 1. The van der Waals surface area contributed by atoms with Crippen molar-refractivity contribution < 1.29 is 9.90 Å². The summed E-state index contributed by atoms with van der Waals surface area (Å²) in [6, 6.07) is 7.19. The number of hydrogen-bond acceptors (Lipinski definition) is 2.